The van der Waals surface area contributed by atoms with Crippen molar-refractivity contribution in [1.29, 1.82) is 0 Å². The van der Waals surface area contributed by atoms with Crippen molar-refractivity contribution in [2.24, 2.45) is 5.73 Å². The fraction of sp³-hybridized carbons (Fsp3) is 0.630. The van der Waals surface area contributed by atoms with E-state index in [0.717, 1.165) is 0 Å². The molecule has 2 N–H and O–H groups in total. The van der Waals surface area contributed by atoms with Crippen LogP contribution in [0.4, 0.5) is 9.18 Å². The van der Waals surface area contributed by atoms with Crippen LogP contribution in [0.3, 0.4) is 0 Å². The van der Waals surface area contributed by atoms with Gasteiger partial charge in [-0.25, -0.2) is 9.18 Å². The van der Waals surface area contributed by atoms with Gasteiger partial charge in [0.05, 0.1) is 0 Å². The van der Waals surface area contributed by atoms with Crippen molar-refractivity contribution in [3.63, 3.8) is 0 Å². The van der Waals surface area contributed by atoms with Crippen LogP contribution in [-0.2, 0) is 25.6 Å². The lowest BCUT2D eigenvalue weighted by Crippen LogP contribution is -2.45. The second kappa shape index (κ2) is 10.7. The summed E-state index contributed by atoms with van der Waals surface area (Å²) in [5.74, 6) is -2.33. The highest BCUT2D eigenvalue weighted by molar-refractivity contribution is 6.01. The molecule has 2 aliphatic heterocycles. The average molecular weight is 520 g/mol. The first kappa shape index (κ1) is 28.4. The van der Waals surface area contributed by atoms with Crippen molar-refractivity contribution < 1.29 is 33.0 Å². The number of amides is 3. The molecule has 2 aliphatic rings. The zero-order valence-electron chi connectivity index (χ0n) is 22.6. The average Bonchev–Trinajstić information content (AvgIpc) is 3.06. The first-order chi connectivity index (χ1) is 17.1. The summed E-state index contributed by atoms with van der Waals surface area (Å²) in [5, 5.41) is 0. The summed E-state index contributed by atoms with van der Waals surface area (Å²) < 4.78 is 25.9. The molecule has 0 bridgehead atoms. The lowest BCUT2D eigenvalue weighted by molar-refractivity contribution is -0.155. The predicted molar refractivity (Wildman–Crippen MR) is 134 cm³/mol. The number of esters is 1. The molecule has 0 radical (unpaired) electrons. The van der Waals surface area contributed by atoms with E-state index >= 15 is 4.39 Å². The van der Waals surface area contributed by atoms with Gasteiger partial charge in [0, 0.05) is 31.6 Å². The van der Waals surface area contributed by atoms with Gasteiger partial charge in [-0.3, -0.25) is 14.4 Å². The topological polar surface area (TPSA) is 119 Å². The Morgan fingerprint density at radius 3 is 2.19 bits per heavy atom. The Labute approximate surface area is 217 Å². The molecule has 1 aromatic rings. The van der Waals surface area contributed by atoms with Gasteiger partial charge in [-0.1, -0.05) is 6.07 Å². The van der Waals surface area contributed by atoms with Crippen molar-refractivity contribution in [1.82, 2.24) is 9.80 Å². The van der Waals surface area contributed by atoms with Gasteiger partial charge < -0.3 is 25.0 Å². The van der Waals surface area contributed by atoms with Crippen molar-refractivity contribution in [2.45, 2.75) is 96.9 Å². The van der Waals surface area contributed by atoms with Gasteiger partial charge in [0.1, 0.15) is 23.1 Å². The van der Waals surface area contributed by atoms with Gasteiger partial charge in [0.25, 0.3) is 5.91 Å². The SMILES string of the molecule is CC(C)(C)OC(=O)CC[C@@H](C(N)=O)N1Cc2cc(C3CCN(C(=O)OC(C)(C)C)CC3)c(F)cc2C1=O. The van der Waals surface area contributed by atoms with Crippen LogP contribution in [0.1, 0.15) is 94.6 Å². The number of piperidine rings is 1. The summed E-state index contributed by atoms with van der Waals surface area (Å²) in [5.41, 5.74) is 5.61. The second-order valence-corrected chi connectivity index (χ2v) is 11.7. The van der Waals surface area contributed by atoms with Crippen LogP contribution in [0, 0.1) is 5.82 Å². The molecule has 37 heavy (non-hydrogen) atoms. The van der Waals surface area contributed by atoms with E-state index in [4.69, 9.17) is 15.2 Å². The van der Waals surface area contributed by atoms with Gasteiger partial charge in [-0.2, -0.15) is 0 Å². The quantitative estimate of drug-likeness (QED) is 0.570. The number of carbonyl (C=O) groups excluding carboxylic acids is 4. The molecule has 10 heteroatoms. The van der Waals surface area contributed by atoms with E-state index in [-0.39, 0.29) is 37.0 Å². The fourth-order valence-corrected chi connectivity index (χ4v) is 4.74. The van der Waals surface area contributed by atoms with Gasteiger partial charge in [-0.15, -0.1) is 0 Å². The third kappa shape index (κ3) is 7.20. The molecule has 0 aromatic heterocycles. The maximum absolute atomic E-state index is 15.2. The minimum atomic E-state index is -1.02. The summed E-state index contributed by atoms with van der Waals surface area (Å²) in [6.07, 6.45) is 0.674. The third-order valence-electron chi connectivity index (χ3n) is 6.39. The number of benzene rings is 1. The van der Waals surface area contributed by atoms with Crippen LogP contribution < -0.4 is 5.73 Å². The van der Waals surface area contributed by atoms with Gasteiger partial charge in [0.15, 0.2) is 0 Å². The molecular formula is C27H38FN3O6. The molecule has 0 spiro atoms. The number of hydrogen-bond acceptors (Lipinski definition) is 6. The summed E-state index contributed by atoms with van der Waals surface area (Å²) in [6.45, 7) is 11.6. The number of hydrogen-bond donors (Lipinski definition) is 1. The molecule has 9 nitrogen and oxygen atoms in total. The smallest absolute Gasteiger partial charge is 0.410 e. The fourth-order valence-electron chi connectivity index (χ4n) is 4.74. The predicted octanol–water partition coefficient (Wildman–Crippen LogP) is 3.87. The molecule has 0 unspecified atom stereocenters. The number of halogens is 1. The largest absolute Gasteiger partial charge is 0.460 e. The van der Waals surface area contributed by atoms with E-state index in [1.807, 2.05) is 20.8 Å². The lowest BCUT2D eigenvalue weighted by Gasteiger charge is -2.33. The van der Waals surface area contributed by atoms with Crippen LogP contribution in [0.15, 0.2) is 12.1 Å². The Bertz CT molecular complexity index is 1070. The number of nitrogens with two attached hydrogens (primary N) is 1. The Kier molecular flexibility index (Phi) is 8.19. The van der Waals surface area contributed by atoms with Gasteiger partial charge in [0.2, 0.25) is 5.91 Å². The highest BCUT2D eigenvalue weighted by Crippen LogP contribution is 2.35. The molecular weight excluding hydrogens is 481 g/mol. The Hall–Kier alpha value is -3.17. The highest BCUT2D eigenvalue weighted by Gasteiger charge is 2.38. The monoisotopic (exact) mass is 519 g/mol. The number of likely N-dealkylation sites (tertiary alicyclic amines) is 1. The first-order valence-corrected chi connectivity index (χ1v) is 12.7. The normalized spacial score (nSPS) is 17.4. The first-order valence-electron chi connectivity index (χ1n) is 12.7. The van der Waals surface area contributed by atoms with Crippen LogP contribution in [-0.4, -0.2) is 64.0 Å². The van der Waals surface area contributed by atoms with E-state index in [2.05, 4.69) is 0 Å². The van der Waals surface area contributed by atoms with E-state index in [0.29, 0.717) is 37.1 Å². The Morgan fingerprint density at radius 1 is 1.05 bits per heavy atom. The third-order valence-corrected chi connectivity index (χ3v) is 6.39. The summed E-state index contributed by atoms with van der Waals surface area (Å²) in [6, 6.07) is 1.89. The number of fused-ring (bicyclic) bond motifs is 1. The zero-order valence-corrected chi connectivity index (χ0v) is 22.6. The maximum atomic E-state index is 15.2. The van der Waals surface area contributed by atoms with Crippen LogP contribution in [0.25, 0.3) is 0 Å². The number of nitrogens with zero attached hydrogens (tertiary/aromatic N) is 2. The van der Waals surface area contributed by atoms with Crippen LogP contribution in [0.2, 0.25) is 0 Å². The van der Waals surface area contributed by atoms with E-state index < -0.39 is 40.8 Å². The van der Waals surface area contributed by atoms with E-state index in [9.17, 15) is 19.2 Å². The van der Waals surface area contributed by atoms with Crippen molar-refractivity contribution in [3.8, 4) is 0 Å². The molecule has 3 amide bonds. The van der Waals surface area contributed by atoms with E-state index in [1.165, 1.54) is 11.0 Å². The van der Waals surface area contributed by atoms with Crippen LogP contribution >= 0.6 is 0 Å². The van der Waals surface area contributed by atoms with E-state index in [1.54, 1.807) is 31.7 Å². The minimum Gasteiger partial charge on any atom is -0.460 e. The molecule has 204 valence electrons. The summed E-state index contributed by atoms with van der Waals surface area (Å²) in [4.78, 5) is 52.7. The van der Waals surface area contributed by atoms with Crippen LogP contribution in [0.5, 0.6) is 0 Å². The summed E-state index contributed by atoms with van der Waals surface area (Å²) >= 11 is 0. The van der Waals surface area contributed by atoms with Crippen molar-refractivity contribution in [3.05, 3.63) is 34.6 Å². The molecule has 1 saturated heterocycles. The second-order valence-electron chi connectivity index (χ2n) is 11.7. The van der Waals surface area contributed by atoms with Crippen molar-refractivity contribution in [2.75, 3.05) is 13.1 Å². The highest BCUT2D eigenvalue weighted by atomic mass is 19.1. The maximum Gasteiger partial charge on any atom is 0.410 e. The molecule has 1 atom stereocenters. The van der Waals surface area contributed by atoms with Gasteiger partial charge >= 0.3 is 12.1 Å². The minimum absolute atomic E-state index is 0.0163. The Morgan fingerprint density at radius 2 is 1.65 bits per heavy atom. The standard InChI is InChI=1S/C27H38FN3O6/c1-26(2,3)36-22(32)8-7-21(23(29)33)31-15-17-13-18(20(28)14-19(17)24(31)34)16-9-11-30(12-10-16)25(35)37-27(4,5)6/h13-14,16,21H,7-12,15H2,1-6H3,(H2,29,33)/t21-/m0/s1. The Balaban J connectivity index is 1.69. The lowest BCUT2D eigenvalue weighted by atomic mass is 9.87. The van der Waals surface area contributed by atoms with Crippen molar-refractivity contribution >= 4 is 23.9 Å². The molecule has 0 saturated carbocycles. The number of carbonyl (C=O) groups is 4. The molecule has 0 aliphatic carbocycles. The zero-order chi connectivity index (χ0) is 27.7. The molecule has 2 heterocycles. The number of primary amides is 1. The molecule has 3 rings (SSSR count). The number of ether oxygens (including phenoxy) is 2. The van der Waals surface area contributed by atoms with Gasteiger partial charge in [-0.05, 0) is 83.9 Å². The summed E-state index contributed by atoms with van der Waals surface area (Å²) in [7, 11) is 0. The number of rotatable bonds is 6. The molecule has 1 aromatic carbocycles. The molecule has 1 fully saturated rings.